The van der Waals surface area contributed by atoms with Gasteiger partial charge < -0.3 is 10.6 Å². The van der Waals surface area contributed by atoms with Crippen LogP contribution in [0.2, 0.25) is 5.02 Å². The second kappa shape index (κ2) is 6.43. The Morgan fingerprint density at radius 3 is 2.67 bits per heavy atom. The van der Waals surface area contributed by atoms with E-state index in [1.165, 1.54) is 0 Å². The Labute approximate surface area is 145 Å². The van der Waals surface area contributed by atoms with Gasteiger partial charge >= 0.3 is 6.03 Å². The molecule has 2 aliphatic rings. The number of carbonyl (C=O) groups is 3. The fourth-order valence-electron chi connectivity index (χ4n) is 3.33. The van der Waals surface area contributed by atoms with Gasteiger partial charge in [-0.15, -0.1) is 0 Å². The van der Waals surface area contributed by atoms with Gasteiger partial charge in [-0.25, -0.2) is 4.79 Å². The van der Waals surface area contributed by atoms with E-state index in [1.807, 2.05) is 6.92 Å². The monoisotopic (exact) mass is 349 g/mol. The lowest BCUT2D eigenvalue weighted by Gasteiger charge is -2.30. The van der Waals surface area contributed by atoms with Crippen molar-refractivity contribution < 1.29 is 14.4 Å². The molecule has 7 heteroatoms. The molecule has 1 aromatic rings. The summed E-state index contributed by atoms with van der Waals surface area (Å²) < 4.78 is 0. The van der Waals surface area contributed by atoms with Crippen molar-refractivity contribution in [2.24, 2.45) is 0 Å². The zero-order valence-electron chi connectivity index (χ0n) is 13.5. The standard InChI is InChI=1S/C17H20ClN3O3/c1-11-5-6-12(9-13(11)18)19-14(22)10-21-15(23)17(20-16(21)24)7-3-2-4-8-17/h5-6,9H,2-4,7-8,10H2,1H3,(H,19,22)(H,20,24). The number of amides is 4. The van der Waals surface area contributed by atoms with Crippen LogP contribution in [0.3, 0.4) is 0 Å². The topological polar surface area (TPSA) is 78.5 Å². The van der Waals surface area contributed by atoms with Crippen LogP contribution in [0, 0.1) is 6.92 Å². The van der Waals surface area contributed by atoms with Gasteiger partial charge in [0, 0.05) is 10.7 Å². The predicted octanol–water partition coefficient (Wildman–Crippen LogP) is 2.84. The number of nitrogens with one attached hydrogen (secondary N) is 2. The van der Waals surface area contributed by atoms with E-state index in [-0.39, 0.29) is 12.5 Å². The number of halogens is 1. The third-order valence-electron chi connectivity index (χ3n) is 4.71. The van der Waals surface area contributed by atoms with Crippen LogP contribution in [0.15, 0.2) is 18.2 Å². The Kier molecular flexibility index (Phi) is 4.49. The second-order valence-corrected chi connectivity index (χ2v) is 6.88. The quantitative estimate of drug-likeness (QED) is 0.823. The van der Waals surface area contributed by atoms with E-state index >= 15 is 0 Å². The smallest absolute Gasteiger partial charge is 0.324 e. The highest BCUT2D eigenvalue weighted by atomic mass is 35.5. The molecule has 1 saturated heterocycles. The highest BCUT2D eigenvalue weighted by Crippen LogP contribution is 2.33. The highest BCUT2D eigenvalue weighted by molar-refractivity contribution is 6.31. The molecule has 0 unspecified atom stereocenters. The van der Waals surface area contributed by atoms with Crippen LogP contribution in [0.1, 0.15) is 37.7 Å². The molecule has 1 aliphatic carbocycles. The zero-order chi connectivity index (χ0) is 17.3. The number of nitrogens with zero attached hydrogens (tertiary/aromatic N) is 1. The van der Waals surface area contributed by atoms with Gasteiger partial charge in [-0.2, -0.15) is 0 Å². The van der Waals surface area contributed by atoms with E-state index in [4.69, 9.17) is 11.6 Å². The van der Waals surface area contributed by atoms with Gasteiger partial charge in [0.1, 0.15) is 12.1 Å². The molecular weight excluding hydrogens is 330 g/mol. The largest absolute Gasteiger partial charge is 0.325 e. The molecule has 2 fully saturated rings. The Bertz CT molecular complexity index is 698. The van der Waals surface area contributed by atoms with Crippen LogP contribution < -0.4 is 10.6 Å². The summed E-state index contributed by atoms with van der Waals surface area (Å²) in [5, 5.41) is 6.01. The predicted molar refractivity (Wildman–Crippen MR) is 90.9 cm³/mol. The minimum atomic E-state index is -0.803. The lowest BCUT2D eigenvalue weighted by molar-refractivity contribution is -0.134. The molecule has 1 aromatic carbocycles. The maximum atomic E-state index is 12.6. The fourth-order valence-corrected chi connectivity index (χ4v) is 3.51. The van der Waals surface area contributed by atoms with Gasteiger partial charge in [0.2, 0.25) is 5.91 Å². The maximum Gasteiger partial charge on any atom is 0.325 e. The Hall–Kier alpha value is -2.08. The lowest BCUT2D eigenvalue weighted by Crippen LogP contribution is -2.48. The first kappa shape index (κ1) is 16.8. The molecule has 0 bridgehead atoms. The van der Waals surface area contributed by atoms with E-state index in [2.05, 4.69) is 10.6 Å². The summed E-state index contributed by atoms with van der Waals surface area (Å²) in [5.41, 5.74) is 0.640. The molecular formula is C17H20ClN3O3. The van der Waals surface area contributed by atoms with Crippen molar-refractivity contribution in [1.29, 1.82) is 0 Å². The number of anilines is 1. The van der Waals surface area contributed by atoms with Crippen LogP contribution in [-0.4, -0.2) is 34.8 Å². The van der Waals surface area contributed by atoms with E-state index in [9.17, 15) is 14.4 Å². The normalized spacial score (nSPS) is 19.5. The summed E-state index contributed by atoms with van der Waals surface area (Å²) in [6.45, 7) is 1.57. The van der Waals surface area contributed by atoms with Gasteiger partial charge in [-0.3, -0.25) is 14.5 Å². The maximum absolute atomic E-state index is 12.6. The minimum absolute atomic E-state index is 0.288. The van der Waals surface area contributed by atoms with E-state index in [0.29, 0.717) is 23.6 Å². The third-order valence-corrected chi connectivity index (χ3v) is 5.12. The summed E-state index contributed by atoms with van der Waals surface area (Å²) in [7, 11) is 0. The van der Waals surface area contributed by atoms with Gasteiger partial charge in [0.15, 0.2) is 0 Å². The van der Waals surface area contributed by atoms with E-state index in [0.717, 1.165) is 29.7 Å². The molecule has 1 saturated carbocycles. The molecule has 24 heavy (non-hydrogen) atoms. The molecule has 0 atom stereocenters. The van der Waals surface area contributed by atoms with Crippen molar-refractivity contribution in [1.82, 2.24) is 10.2 Å². The summed E-state index contributed by atoms with van der Waals surface area (Å²) in [6, 6.07) is 4.68. The summed E-state index contributed by atoms with van der Waals surface area (Å²) in [4.78, 5) is 38.0. The van der Waals surface area contributed by atoms with Crippen molar-refractivity contribution in [2.45, 2.75) is 44.6 Å². The molecule has 128 valence electrons. The number of carbonyl (C=O) groups excluding carboxylic acids is 3. The van der Waals surface area contributed by atoms with Crippen LogP contribution >= 0.6 is 11.6 Å². The van der Waals surface area contributed by atoms with Crippen molar-refractivity contribution in [3.63, 3.8) is 0 Å². The van der Waals surface area contributed by atoms with Crippen LogP contribution in [0.25, 0.3) is 0 Å². The third kappa shape index (κ3) is 3.11. The van der Waals surface area contributed by atoms with Gasteiger partial charge in [-0.1, -0.05) is 36.9 Å². The second-order valence-electron chi connectivity index (χ2n) is 6.48. The summed E-state index contributed by atoms with van der Waals surface area (Å²) in [5.74, 6) is -0.712. The van der Waals surface area contributed by atoms with Crippen molar-refractivity contribution in [3.8, 4) is 0 Å². The Balaban J connectivity index is 1.66. The van der Waals surface area contributed by atoms with E-state index < -0.39 is 17.5 Å². The number of aryl methyl sites for hydroxylation is 1. The van der Waals surface area contributed by atoms with Crippen molar-refractivity contribution >= 4 is 35.1 Å². The molecule has 1 aliphatic heterocycles. The minimum Gasteiger partial charge on any atom is -0.324 e. The molecule has 6 nitrogen and oxygen atoms in total. The number of hydrogen-bond acceptors (Lipinski definition) is 3. The van der Waals surface area contributed by atoms with Gasteiger partial charge in [-0.05, 0) is 37.5 Å². The SMILES string of the molecule is Cc1ccc(NC(=O)CN2C(=O)NC3(CCCCC3)C2=O)cc1Cl. The number of benzene rings is 1. The Morgan fingerprint density at radius 2 is 2.00 bits per heavy atom. The van der Waals surface area contributed by atoms with Crippen LogP contribution in [0.5, 0.6) is 0 Å². The zero-order valence-corrected chi connectivity index (χ0v) is 14.3. The molecule has 1 heterocycles. The summed E-state index contributed by atoms with van der Waals surface area (Å²) in [6.07, 6.45) is 4.17. The highest BCUT2D eigenvalue weighted by Gasteiger charge is 2.51. The molecule has 0 aromatic heterocycles. The first-order chi connectivity index (χ1) is 11.4. The first-order valence-electron chi connectivity index (χ1n) is 8.11. The average molecular weight is 350 g/mol. The lowest BCUT2D eigenvalue weighted by atomic mass is 9.82. The molecule has 3 rings (SSSR count). The van der Waals surface area contributed by atoms with Crippen LogP contribution in [0.4, 0.5) is 10.5 Å². The summed E-state index contributed by atoms with van der Waals surface area (Å²) >= 11 is 6.03. The van der Waals surface area contributed by atoms with Crippen molar-refractivity contribution in [3.05, 3.63) is 28.8 Å². The molecule has 0 radical (unpaired) electrons. The number of rotatable bonds is 3. The van der Waals surface area contributed by atoms with E-state index in [1.54, 1.807) is 18.2 Å². The number of imide groups is 1. The molecule has 1 spiro atoms. The van der Waals surface area contributed by atoms with Crippen LogP contribution in [-0.2, 0) is 9.59 Å². The van der Waals surface area contributed by atoms with Gasteiger partial charge in [0.05, 0.1) is 0 Å². The number of hydrogen-bond donors (Lipinski definition) is 2. The Morgan fingerprint density at radius 1 is 1.29 bits per heavy atom. The van der Waals surface area contributed by atoms with Crippen molar-refractivity contribution in [2.75, 3.05) is 11.9 Å². The first-order valence-corrected chi connectivity index (χ1v) is 8.49. The number of urea groups is 1. The van der Waals surface area contributed by atoms with Gasteiger partial charge in [0.25, 0.3) is 5.91 Å². The average Bonchev–Trinajstić information content (AvgIpc) is 2.76. The fraction of sp³-hybridized carbons (Fsp3) is 0.471. The molecule has 4 amide bonds. The molecule has 2 N–H and O–H groups in total.